The van der Waals surface area contributed by atoms with Gasteiger partial charge in [0.15, 0.2) is 5.15 Å². The van der Waals surface area contributed by atoms with E-state index < -0.39 is 17.8 Å². The van der Waals surface area contributed by atoms with Crippen LogP contribution < -0.4 is 5.32 Å². The number of hydrazone groups is 1. The molecule has 3 aromatic rings. The number of nitrogens with zero attached hydrogens (tertiary/aromatic N) is 4. The Balaban J connectivity index is 1.58. The number of aromatic nitrogens is 2. The van der Waals surface area contributed by atoms with Crippen molar-refractivity contribution in [3.8, 4) is 0 Å². The van der Waals surface area contributed by atoms with Gasteiger partial charge < -0.3 is 5.32 Å². The molecule has 2 amide bonds. The van der Waals surface area contributed by atoms with Gasteiger partial charge in [-0.2, -0.15) is 23.4 Å². The van der Waals surface area contributed by atoms with Crippen LogP contribution in [0.1, 0.15) is 22.7 Å². The monoisotopic (exact) mass is 479 g/mol. The molecule has 0 bridgehead atoms. The maximum atomic E-state index is 12.8. The fourth-order valence-corrected chi connectivity index (χ4v) is 3.41. The predicted molar refractivity (Wildman–Crippen MR) is 115 cm³/mol. The molecule has 1 unspecified atom stereocenters. The van der Waals surface area contributed by atoms with E-state index in [-0.39, 0.29) is 23.3 Å². The first-order chi connectivity index (χ1) is 15.2. The molecule has 4 rings (SSSR count). The van der Waals surface area contributed by atoms with E-state index >= 15 is 0 Å². The van der Waals surface area contributed by atoms with Crippen LogP contribution in [-0.2, 0) is 6.18 Å². The van der Waals surface area contributed by atoms with Gasteiger partial charge in [0, 0.05) is 10.7 Å². The summed E-state index contributed by atoms with van der Waals surface area (Å²) in [6, 6.07) is 13.8. The molecule has 0 radical (unpaired) electrons. The Morgan fingerprint density at radius 3 is 2.25 bits per heavy atom. The SMILES string of the molecule is O=C(Nc1ccc(C(F)(F)F)cc1)N1CC(c2ccc(Cl)nn2)C(c2ccc(Cl)cc2)=N1. The number of nitrogens with one attached hydrogen (secondary N) is 1. The normalized spacial score (nSPS) is 16.1. The van der Waals surface area contributed by atoms with Crippen molar-refractivity contribution in [3.63, 3.8) is 0 Å². The average Bonchev–Trinajstić information content (AvgIpc) is 3.20. The van der Waals surface area contributed by atoms with Crippen molar-refractivity contribution in [1.29, 1.82) is 0 Å². The molecule has 6 nitrogen and oxygen atoms in total. The fraction of sp³-hybridized carbons (Fsp3) is 0.143. The zero-order valence-corrected chi connectivity index (χ0v) is 17.7. The third-order valence-corrected chi connectivity index (χ3v) is 5.22. The zero-order chi connectivity index (χ0) is 22.9. The van der Waals surface area contributed by atoms with Crippen LogP contribution in [0.3, 0.4) is 0 Å². The Labute approximate surface area is 190 Å². The van der Waals surface area contributed by atoms with Gasteiger partial charge >= 0.3 is 12.2 Å². The summed E-state index contributed by atoms with van der Waals surface area (Å²) >= 11 is 11.8. The molecule has 32 heavy (non-hydrogen) atoms. The molecule has 0 fully saturated rings. The number of hydrogen-bond donors (Lipinski definition) is 1. The van der Waals surface area contributed by atoms with Crippen molar-refractivity contribution in [2.75, 3.05) is 11.9 Å². The lowest BCUT2D eigenvalue weighted by Gasteiger charge is -2.15. The van der Waals surface area contributed by atoms with Crippen LogP contribution in [0.4, 0.5) is 23.7 Å². The Hall–Kier alpha value is -3.17. The molecular formula is C21H14Cl2F3N5O. The number of benzene rings is 2. The number of anilines is 1. The number of hydrogen-bond acceptors (Lipinski definition) is 4. The molecule has 1 atom stereocenters. The van der Waals surface area contributed by atoms with Crippen LogP contribution in [0.5, 0.6) is 0 Å². The number of urea groups is 1. The maximum Gasteiger partial charge on any atom is 0.416 e. The van der Waals surface area contributed by atoms with Gasteiger partial charge in [-0.15, -0.1) is 5.10 Å². The lowest BCUT2D eigenvalue weighted by molar-refractivity contribution is -0.137. The first kappa shape index (κ1) is 22.0. The first-order valence-corrected chi connectivity index (χ1v) is 10.1. The second kappa shape index (κ2) is 8.76. The Morgan fingerprint density at radius 1 is 0.969 bits per heavy atom. The summed E-state index contributed by atoms with van der Waals surface area (Å²) in [7, 11) is 0. The van der Waals surface area contributed by atoms with Gasteiger partial charge in [0.05, 0.1) is 29.4 Å². The largest absolute Gasteiger partial charge is 0.416 e. The molecule has 2 aromatic carbocycles. The number of carbonyl (C=O) groups excluding carboxylic acids is 1. The molecule has 2 heterocycles. The van der Waals surface area contributed by atoms with Crippen LogP contribution in [0.15, 0.2) is 65.8 Å². The Kier molecular flexibility index (Phi) is 6.03. The van der Waals surface area contributed by atoms with Gasteiger partial charge in [0.1, 0.15) is 0 Å². The molecule has 0 saturated heterocycles. The van der Waals surface area contributed by atoms with E-state index in [4.69, 9.17) is 23.2 Å². The molecule has 11 heteroatoms. The van der Waals surface area contributed by atoms with Crippen LogP contribution in [0, 0.1) is 0 Å². The standard InChI is InChI=1S/C21H14Cl2F3N5O/c22-14-5-1-12(2-6-14)19-16(17-9-10-18(23)29-28-17)11-31(30-19)20(32)27-15-7-3-13(4-8-15)21(24,25)26/h1-10,16H,11H2,(H,27,32). The second-order valence-corrected chi connectivity index (χ2v) is 7.74. The predicted octanol–water partition coefficient (Wildman–Crippen LogP) is 5.84. The molecule has 164 valence electrons. The van der Waals surface area contributed by atoms with Gasteiger partial charge in [-0.25, -0.2) is 9.80 Å². The van der Waals surface area contributed by atoms with E-state index in [0.717, 1.165) is 17.7 Å². The van der Waals surface area contributed by atoms with Crippen LogP contribution in [-0.4, -0.2) is 33.5 Å². The van der Waals surface area contributed by atoms with Gasteiger partial charge in [-0.1, -0.05) is 35.3 Å². The molecule has 0 saturated carbocycles. The summed E-state index contributed by atoms with van der Waals surface area (Å²) in [5.41, 5.74) is 1.27. The van der Waals surface area contributed by atoms with Crippen LogP contribution >= 0.6 is 23.2 Å². The first-order valence-electron chi connectivity index (χ1n) is 9.30. The van der Waals surface area contributed by atoms with Crippen molar-refractivity contribution in [2.45, 2.75) is 12.1 Å². The van der Waals surface area contributed by atoms with Gasteiger partial charge in [0.2, 0.25) is 0 Å². The van der Waals surface area contributed by atoms with Crippen molar-refractivity contribution < 1.29 is 18.0 Å². The highest BCUT2D eigenvalue weighted by Crippen LogP contribution is 2.31. The van der Waals surface area contributed by atoms with Crippen molar-refractivity contribution >= 4 is 40.6 Å². The molecule has 0 spiro atoms. The third-order valence-electron chi connectivity index (χ3n) is 4.76. The Bertz CT molecular complexity index is 1150. The summed E-state index contributed by atoms with van der Waals surface area (Å²) < 4.78 is 38.2. The van der Waals surface area contributed by atoms with Crippen molar-refractivity contribution in [3.05, 3.63) is 87.7 Å². The average molecular weight is 480 g/mol. The fourth-order valence-electron chi connectivity index (χ4n) is 3.18. The van der Waals surface area contributed by atoms with Gasteiger partial charge in [-0.3, -0.25) is 0 Å². The van der Waals surface area contributed by atoms with E-state index in [0.29, 0.717) is 16.4 Å². The maximum absolute atomic E-state index is 12.8. The summed E-state index contributed by atoms with van der Waals surface area (Å²) in [6.07, 6.45) is -4.46. The summed E-state index contributed by atoms with van der Waals surface area (Å²) in [5, 5.41) is 16.9. The molecule has 0 aliphatic carbocycles. The highest BCUT2D eigenvalue weighted by molar-refractivity contribution is 6.30. The minimum absolute atomic E-state index is 0.154. The number of amides is 2. The number of halogens is 5. The van der Waals surface area contributed by atoms with Gasteiger partial charge in [-0.05, 0) is 54.1 Å². The number of carbonyl (C=O) groups is 1. The highest BCUT2D eigenvalue weighted by atomic mass is 35.5. The van der Waals surface area contributed by atoms with E-state index in [1.807, 2.05) is 0 Å². The van der Waals surface area contributed by atoms with E-state index in [1.54, 1.807) is 36.4 Å². The van der Waals surface area contributed by atoms with Crippen molar-refractivity contribution in [2.24, 2.45) is 5.10 Å². The molecule has 1 aliphatic heterocycles. The summed E-state index contributed by atoms with van der Waals surface area (Å²) in [5.74, 6) is -0.390. The van der Waals surface area contributed by atoms with Gasteiger partial charge in [0.25, 0.3) is 0 Å². The molecular weight excluding hydrogens is 466 g/mol. The molecule has 1 aliphatic rings. The minimum Gasteiger partial charge on any atom is -0.306 e. The smallest absolute Gasteiger partial charge is 0.306 e. The summed E-state index contributed by atoms with van der Waals surface area (Å²) in [6.45, 7) is 0.154. The zero-order valence-electron chi connectivity index (χ0n) is 16.1. The van der Waals surface area contributed by atoms with E-state index in [9.17, 15) is 18.0 Å². The number of rotatable bonds is 3. The summed E-state index contributed by atoms with van der Waals surface area (Å²) in [4.78, 5) is 12.8. The minimum atomic E-state index is -4.46. The van der Waals surface area contributed by atoms with Crippen LogP contribution in [0.25, 0.3) is 0 Å². The topological polar surface area (TPSA) is 70.5 Å². The van der Waals surface area contributed by atoms with Crippen LogP contribution in [0.2, 0.25) is 10.2 Å². The number of alkyl halides is 3. The quantitative estimate of drug-likeness (QED) is 0.512. The Morgan fingerprint density at radius 2 is 1.66 bits per heavy atom. The lowest BCUT2D eigenvalue weighted by atomic mass is 9.94. The lowest BCUT2D eigenvalue weighted by Crippen LogP contribution is -2.30. The van der Waals surface area contributed by atoms with E-state index in [2.05, 4.69) is 20.6 Å². The van der Waals surface area contributed by atoms with E-state index in [1.165, 1.54) is 17.1 Å². The second-order valence-electron chi connectivity index (χ2n) is 6.91. The highest BCUT2D eigenvalue weighted by Gasteiger charge is 2.34. The third kappa shape index (κ3) is 4.84. The molecule has 1 N–H and O–H groups in total. The molecule has 1 aromatic heterocycles. The van der Waals surface area contributed by atoms with Crippen molar-refractivity contribution in [1.82, 2.24) is 15.2 Å².